The minimum Gasteiger partial charge on any atom is -0.442 e. The van der Waals surface area contributed by atoms with Crippen molar-refractivity contribution in [2.45, 2.75) is 13.2 Å². The fraction of sp³-hybridized carbons (Fsp3) is 0.0286. The van der Waals surface area contributed by atoms with E-state index in [9.17, 15) is 47.9 Å². The molecule has 0 saturated heterocycles. The molecule has 0 unspecified atom stereocenters. The number of ketones is 4. The number of nitrogens with zero attached hydrogens (tertiary/aromatic N) is 12. The number of Topliss-reactive ketones (excluding diaryl/α,β-unsaturated/α-hetero) is 4. The second-order valence-corrected chi connectivity index (χ2v) is 26.6. The molecule has 10 aromatic carbocycles. The van der Waals surface area contributed by atoms with Crippen LogP contribution in [0.25, 0.3) is 108 Å². The highest BCUT2D eigenvalue weighted by Gasteiger charge is 2.36. The number of allylic oxidation sites excluding steroid dienone is 2. The zero-order chi connectivity index (χ0) is 66.5. The van der Waals surface area contributed by atoms with Gasteiger partial charge in [-0.05, 0) is 58.7 Å². The maximum atomic E-state index is 14.5. The molecule has 0 amide bonds. The summed E-state index contributed by atoms with van der Waals surface area (Å²) in [5, 5.41) is 18.1. The maximum Gasteiger partial charge on any atom is 0.452 e. The van der Waals surface area contributed by atoms with Crippen LogP contribution in [0.15, 0.2) is 186 Å². The summed E-state index contributed by atoms with van der Waals surface area (Å²) in [6, 6.07) is 40.1. The van der Waals surface area contributed by atoms with Crippen LogP contribution in [-0.2, 0) is 22.7 Å². The van der Waals surface area contributed by atoms with E-state index in [0.717, 1.165) is 60.5 Å². The maximum absolute atomic E-state index is 14.5. The topological polar surface area (TPSA) is 327 Å². The monoisotopic (exact) mass is 1360 g/mol. The lowest BCUT2D eigenvalue weighted by molar-refractivity contribution is 0.0975. The lowest BCUT2D eigenvalue weighted by Gasteiger charge is -2.04. The number of aromatic nitrogens is 10. The fourth-order valence-corrected chi connectivity index (χ4v) is 16.3. The van der Waals surface area contributed by atoms with E-state index in [-0.39, 0.29) is 138 Å². The number of hydrogen-bond donors (Lipinski definition) is 0. The normalized spacial score (nSPS) is 13.8. The van der Waals surface area contributed by atoms with Crippen LogP contribution in [0.5, 0.6) is 0 Å². The first-order valence-corrected chi connectivity index (χ1v) is 32.8. The van der Waals surface area contributed by atoms with Gasteiger partial charge >= 0.3 is 12.2 Å². The second kappa shape index (κ2) is 21.9. The molecule has 0 aliphatic heterocycles. The Morgan fingerprint density at radius 1 is 0.378 bits per heavy atom. The summed E-state index contributed by atoms with van der Waals surface area (Å²) < 4.78 is 12.9. The van der Waals surface area contributed by atoms with E-state index in [1.165, 1.54) is 48.6 Å². The zero-order valence-electron chi connectivity index (χ0n) is 49.3. The Labute approximate surface area is 558 Å². The number of ether oxygens (including phenoxy) is 2. The van der Waals surface area contributed by atoms with Crippen molar-refractivity contribution >= 4 is 188 Å². The largest absolute Gasteiger partial charge is 0.452 e. The van der Waals surface area contributed by atoms with Gasteiger partial charge in [0.05, 0.1) is 29.9 Å². The standard InChI is InChI=1S/C70H30N12O12S4/c83-55-33-15-7-8-16-34(33)56(84)41(55)25-43-71-49-45-46(78-81(77-45)69(91)93-27-29-11-3-1-4-12-29)50-64(63(49)95-43)96-44(72-50)26-42-57(85)37-21-19-31(23-39(37)58(42)86)32-20-22-38-40(24-32)62(90)54(61(38)89)76-68-74-52-48-47(79-82(80-48)70(92)94-28-30-13-5-2-6-14-30)51-65(66(52)98-68)97-67(73-51)75-53-59(87)35-17-9-10-18-36(35)60(53)88/h1-26H,27-28H2/b42-26+,76-54+. The van der Waals surface area contributed by atoms with E-state index >= 15 is 0 Å². The minimum absolute atomic E-state index is 0.0119. The minimum atomic E-state index is -0.925. The molecule has 0 bridgehead atoms. The molecule has 6 heterocycles. The van der Waals surface area contributed by atoms with Gasteiger partial charge in [0.1, 0.15) is 67.4 Å². The summed E-state index contributed by atoms with van der Waals surface area (Å²) >= 11 is 4.25. The van der Waals surface area contributed by atoms with Gasteiger partial charge in [0.25, 0.3) is 0 Å². The van der Waals surface area contributed by atoms with E-state index < -0.39 is 62.4 Å². The third kappa shape index (κ3) is 9.06. The number of hydrogen-bond acceptors (Lipinski definition) is 26. The van der Waals surface area contributed by atoms with E-state index in [1.54, 1.807) is 97.1 Å². The smallest absolute Gasteiger partial charge is 0.442 e. The van der Waals surface area contributed by atoms with E-state index in [0.29, 0.717) is 35.5 Å². The number of thiazole rings is 4. The van der Waals surface area contributed by atoms with Crippen LogP contribution in [0.1, 0.15) is 62.6 Å². The fourth-order valence-electron chi connectivity index (χ4n) is 12.1. The molecule has 2 aliphatic rings. The molecule has 0 N–H and O–H groups in total. The highest BCUT2D eigenvalue weighted by atomic mass is 32.1. The van der Waals surface area contributed by atoms with Gasteiger partial charge in [-0.15, -0.1) is 43.1 Å². The first-order chi connectivity index (χ1) is 47.7. The van der Waals surface area contributed by atoms with Crippen molar-refractivity contribution in [2.75, 3.05) is 0 Å². The molecule has 0 saturated carbocycles. The number of rotatable bonds is 9. The molecule has 18 rings (SSSR count). The van der Waals surface area contributed by atoms with Crippen molar-refractivity contribution in [1.82, 2.24) is 49.9 Å². The van der Waals surface area contributed by atoms with Gasteiger partial charge in [0, 0.05) is 43.8 Å². The van der Waals surface area contributed by atoms with Crippen LogP contribution in [0.4, 0.5) is 19.9 Å². The van der Waals surface area contributed by atoms with Crippen molar-refractivity contribution in [3.05, 3.63) is 252 Å². The van der Waals surface area contributed by atoms with Gasteiger partial charge < -0.3 is 9.47 Å². The van der Waals surface area contributed by atoms with Gasteiger partial charge in [-0.25, -0.2) is 39.5 Å². The Morgan fingerprint density at radius 3 is 1.21 bits per heavy atom. The van der Waals surface area contributed by atoms with Gasteiger partial charge in [0.15, 0.2) is 33.8 Å². The summed E-state index contributed by atoms with van der Waals surface area (Å²) in [4.78, 5) is 168. The van der Waals surface area contributed by atoms with Crippen LogP contribution in [0.2, 0.25) is 0 Å². The molecule has 466 valence electrons. The molecule has 0 radical (unpaired) electrons. The predicted molar refractivity (Wildman–Crippen MR) is 365 cm³/mol. The molecule has 98 heavy (non-hydrogen) atoms. The Hall–Kier alpha value is -12.8. The van der Waals surface area contributed by atoms with E-state index in [2.05, 4.69) is 35.4 Å². The number of fused-ring (bicyclic) bond motifs is 16. The number of carbonyl (C=O) groups excluding carboxylic acids is 6. The lowest BCUT2D eigenvalue weighted by atomic mass is 9.99. The second-order valence-electron chi connectivity index (χ2n) is 22.5. The third-order valence-electron chi connectivity index (χ3n) is 16.8. The Morgan fingerprint density at radius 2 is 0.745 bits per heavy atom. The van der Waals surface area contributed by atoms with E-state index in [4.69, 9.17) is 24.4 Å². The van der Waals surface area contributed by atoms with Gasteiger partial charge in [-0.1, -0.05) is 154 Å². The van der Waals surface area contributed by atoms with Crippen molar-refractivity contribution < 1.29 is 38.2 Å². The van der Waals surface area contributed by atoms with Crippen LogP contribution < -0.4 is 32.4 Å². The van der Waals surface area contributed by atoms with Crippen LogP contribution in [0.3, 0.4) is 0 Å². The summed E-state index contributed by atoms with van der Waals surface area (Å²) in [5.41, 5.74) is 1.60. The molecule has 0 fully saturated rings. The highest BCUT2D eigenvalue weighted by molar-refractivity contribution is 7.30. The average Bonchev–Trinajstić information content (AvgIpc) is 1.57. The first-order valence-electron chi connectivity index (χ1n) is 29.5. The Bertz CT molecular complexity index is 6730. The van der Waals surface area contributed by atoms with Crippen molar-refractivity contribution in [3.63, 3.8) is 0 Å². The van der Waals surface area contributed by atoms with Crippen molar-refractivity contribution in [2.24, 2.45) is 9.98 Å². The molecular formula is C70H30N12O12S4. The van der Waals surface area contributed by atoms with Crippen LogP contribution in [-0.4, -0.2) is 85.2 Å². The van der Waals surface area contributed by atoms with E-state index in [1.807, 2.05) is 12.1 Å². The summed E-state index contributed by atoms with van der Waals surface area (Å²) in [7, 11) is 0. The van der Waals surface area contributed by atoms with Crippen LogP contribution in [0, 0.1) is 0 Å². The first kappa shape index (κ1) is 57.9. The summed E-state index contributed by atoms with van der Waals surface area (Å²) in [6.45, 7) is -0.170. The molecule has 24 nitrogen and oxygen atoms in total. The SMILES string of the molecule is O=C1C(=Cc2nc3c4nn(C(=O)OCc5ccccc5)nc4c4nc(/C=C5\C(=O)c6ccc(-c7ccc8c(=O)/c(=N\c9nc%10c%11nn(C(=O)OCc%12ccccc%12)nc%11c%11nc(N=c%12c(=O)c%13ccccc%13c%12=O)sc%11c%10s9)c(=O)c8c7)cc6C5=O)sc4c3s2)C(=O)c2ccccc21. The van der Waals surface area contributed by atoms with Crippen LogP contribution >= 0.6 is 45.3 Å². The molecule has 16 aromatic rings. The summed E-state index contributed by atoms with van der Waals surface area (Å²) in [5.74, 6) is -2.10. The average molecular weight is 1360 g/mol. The summed E-state index contributed by atoms with van der Waals surface area (Å²) in [6.07, 6.45) is 0.969. The highest BCUT2D eigenvalue weighted by Crippen LogP contribution is 2.45. The number of benzene rings is 8. The molecule has 2 aliphatic carbocycles. The molecule has 6 aromatic heterocycles. The predicted octanol–water partition coefficient (Wildman–Crippen LogP) is 10.5. The van der Waals surface area contributed by atoms with Crippen molar-refractivity contribution in [1.29, 1.82) is 0 Å². The lowest BCUT2D eigenvalue weighted by Crippen LogP contribution is -2.31. The molecule has 0 atom stereocenters. The quantitative estimate of drug-likeness (QED) is 0.0957. The number of carbonyl (C=O) groups is 6. The Balaban J connectivity index is 0.685. The molecule has 28 heteroatoms. The van der Waals surface area contributed by atoms with Gasteiger partial charge in [-0.3, -0.25) is 38.4 Å². The van der Waals surface area contributed by atoms with Crippen molar-refractivity contribution in [3.8, 4) is 11.1 Å². The zero-order valence-corrected chi connectivity index (χ0v) is 52.6. The Kier molecular flexibility index (Phi) is 12.9. The van der Waals surface area contributed by atoms with Gasteiger partial charge in [-0.2, -0.15) is 0 Å². The third-order valence-corrected chi connectivity index (χ3v) is 21.0. The molecular weight excluding hydrogens is 1330 g/mol. The van der Waals surface area contributed by atoms with Gasteiger partial charge in [0.2, 0.25) is 32.0 Å². The molecule has 0 spiro atoms.